The lowest BCUT2D eigenvalue weighted by Gasteiger charge is -2.25. The highest BCUT2D eigenvalue weighted by Crippen LogP contribution is 2.23. The molecule has 0 aliphatic carbocycles. The maximum atomic E-state index is 12.4. The van der Waals surface area contributed by atoms with Crippen molar-refractivity contribution in [2.24, 2.45) is 0 Å². The number of rotatable bonds is 3. The summed E-state index contributed by atoms with van der Waals surface area (Å²) in [4.78, 5) is 12.4. The maximum Gasteiger partial charge on any atom is 0.251 e. The van der Waals surface area contributed by atoms with Crippen LogP contribution in [0.1, 0.15) is 22.6 Å². The first kappa shape index (κ1) is 14.6. The summed E-state index contributed by atoms with van der Waals surface area (Å²) in [6.45, 7) is 0.700. The number of aryl methyl sites for hydroxylation is 1. The monoisotopic (exact) mass is 318 g/mol. The van der Waals surface area contributed by atoms with E-state index in [-0.39, 0.29) is 11.9 Å². The van der Waals surface area contributed by atoms with Crippen LogP contribution in [0.25, 0.3) is 11.4 Å². The number of carbonyl (C=O) groups is 1. The molecule has 1 aliphatic heterocycles. The Morgan fingerprint density at radius 2 is 1.71 bits per heavy atom. The van der Waals surface area contributed by atoms with Gasteiger partial charge < -0.3 is 9.88 Å². The molecule has 0 bridgehead atoms. The van der Waals surface area contributed by atoms with E-state index in [4.69, 9.17) is 0 Å². The average molecular weight is 318 g/mol. The van der Waals surface area contributed by atoms with Crippen LogP contribution in [0.4, 0.5) is 0 Å². The Balaban J connectivity index is 1.53. The Bertz CT molecular complexity index is 842. The van der Waals surface area contributed by atoms with Crippen molar-refractivity contribution in [3.63, 3.8) is 0 Å². The summed E-state index contributed by atoms with van der Waals surface area (Å²) in [5, 5.41) is 11.8. The molecule has 0 saturated heterocycles. The summed E-state index contributed by atoms with van der Waals surface area (Å²) in [5.41, 5.74) is 1.74. The van der Waals surface area contributed by atoms with E-state index >= 15 is 0 Å². The highest BCUT2D eigenvalue weighted by Gasteiger charge is 2.24. The van der Waals surface area contributed by atoms with Crippen molar-refractivity contribution in [2.75, 3.05) is 0 Å². The fourth-order valence-electron chi connectivity index (χ4n) is 3.10. The lowest BCUT2D eigenvalue weighted by atomic mass is 10.1. The van der Waals surface area contributed by atoms with Crippen LogP contribution in [-0.4, -0.2) is 26.7 Å². The molecule has 2 aromatic carbocycles. The average Bonchev–Trinajstić information content (AvgIpc) is 3.06. The van der Waals surface area contributed by atoms with E-state index in [1.807, 2.05) is 60.7 Å². The second kappa shape index (κ2) is 6.28. The Morgan fingerprint density at radius 1 is 1.00 bits per heavy atom. The molecule has 1 aliphatic rings. The van der Waals surface area contributed by atoms with Crippen molar-refractivity contribution in [3.05, 3.63) is 72.1 Å². The number of aromatic nitrogens is 3. The minimum absolute atomic E-state index is 0.0293. The third kappa shape index (κ3) is 2.80. The van der Waals surface area contributed by atoms with Crippen LogP contribution in [0.5, 0.6) is 0 Å². The number of amides is 1. The number of carbonyl (C=O) groups excluding carboxylic acids is 1. The van der Waals surface area contributed by atoms with Crippen molar-refractivity contribution in [3.8, 4) is 11.4 Å². The van der Waals surface area contributed by atoms with E-state index < -0.39 is 0 Å². The molecule has 5 heteroatoms. The highest BCUT2D eigenvalue weighted by atomic mass is 16.1. The fourth-order valence-corrected chi connectivity index (χ4v) is 3.10. The van der Waals surface area contributed by atoms with E-state index in [1.165, 1.54) is 0 Å². The van der Waals surface area contributed by atoms with E-state index in [9.17, 15) is 4.79 Å². The fraction of sp³-hybridized carbons (Fsp3) is 0.211. The summed E-state index contributed by atoms with van der Waals surface area (Å²) < 4.78 is 2.12. The van der Waals surface area contributed by atoms with Gasteiger partial charge in [-0.05, 0) is 18.6 Å². The molecular weight excluding hydrogens is 300 g/mol. The van der Waals surface area contributed by atoms with Crippen molar-refractivity contribution in [1.82, 2.24) is 20.1 Å². The molecule has 24 heavy (non-hydrogen) atoms. The predicted molar refractivity (Wildman–Crippen MR) is 91.5 cm³/mol. The number of nitrogens with one attached hydrogen (secondary N) is 1. The van der Waals surface area contributed by atoms with Crippen molar-refractivity contribution >= 4 is 5.91 Å². The van der Waals surface area contributed by atoms with Crippen LogP contribution in [0.15, 0.2) is 60.7 Å². The minimum Gasteiger partial charge on any atom is -0.347 e. The van der Waals surface area contributed by atoms with Gasteiger partial charge in [0.05, 0.1) is 0 Å². The summed E-state index contributed by atoms with van der Waals surface area (Å²) in [7, 11) is 0. The normalized spacial score (nSPS) is 16.4. The van der Waals surface area contributed by atoms with E-state index in [0.29, 0.717) is 12.1 Å². The molecule has 120 valence electrons. The molecule has 1 N–H and O–H groups in total. The van der Waals surface area contributed by atoms with Gasteiger partial charge in [0.15, 0.2) is 5.82 Å². The van der Waals surface area contributed by atoms with Gasteiger partial charge in [-0.3, -0.25) is 4.79 Å². The molecule has 3 aromatic rings. The highest BCUT2D eigenvalue weighted by molar-refractivity contribution is 5.94. The summed E-state index contributed by atoms with van der Waals surface area (Å²) >= 11 is 0. The minimum atomic E-state index is -0.0293. The summed E-state index contributed by atoms with van der Waals surface area (Å²) in [6, 6.07) is 19.4. The molecule has 0 saturated carbocycles. The Kier molecular flexibility index (Phi) is 3.83. The molecule has 1 atom stereocenters. The first-order valence-corrected chi connectivity index (χ1v) is 8.14. The second-order valence-corrected chi connectivity index (χ2v) is 5.99. The number of hydrogen-bond donors (Lipinski definition) is 1. The number of benzene rings is 2. The van der Waals surface area contributed by atoms with Gasteiger partial charge in [0, 0.05) is 30.1 Å². The number of nitrogens with zero attached hydrogens (tertiary/aromatic N) is 3. The van der Waals surface area contributed by atoms with Crippen LogP contribution in [0, 0.1) is 0 Å². The molecular formula is C19H18N4O. The van der Waals surface area contributed by atoms with Gasteiger partial charge in [0.2, 0.25) is 0 Å². The summed E-state index contributed by atoms with van der Waals surface area (Å²) in [6.07, 6.45) is 1.70. The van der Waals surface area contributed by atoms with Crippen molar-refractivity contribution in [1.29, 1.82) is 0 Å². The topological polar surface area (TPSA) is 59.8 Å². The van der Waals surface area contributed by atoms with E-state index in [1.54, 1.807) is 0 Å². The van der Waals surface area contributed by atoms with E-state index in [2.05, 4.69) is 20.1 Å². The van der Waals surface area contributed by atoms with Gasteiger partial charge in [0.1, 0.15) is 5.82 Å². The third-order valence-electron chi connectivity index (χ3n) is 4.35. The molecule has 0 fully saturated rings. The molecule has 5 nitrogen and oxygen atoms in total. The number of hydrogen-bond acceptors (Lipinski definition) is 3. The van der Waals surface area contributed by atoms with Crippen molar-refractivity contribution in [2.45, 2.75) is 25.4 Å². The molecule has 4 rings (SSSR count). The molecule has 0 radical (unpaired) electrons. The van der Waals surface area contributed by atoms with Gasteiger partial charge >= 0.3 is 0 Å². The van der Waals surface area contributed by atoms with Gasteiger partial charge in [-0.15, -0.1) is 10.2 Å². The predicted octanol–water partition coefficient (Wildman–Crippen LogP) is 2.69. The van der Waals surface area contributed by atoms with Crippen LogP contribution >= 0.6 is 0 Å². The second-order valence-electron chi connectivity index (χ2n) is 5.99. The zero-order valence-electron chi connectivity index (χ0n) is 13.2. The lowest BCUT2D eigenvalue weighted by molar-refractivity contribution is 0.0927. The smallest absolute Gasteiger partial charge is 0.251 e. The molecule has 0 spiro atoms. The van der Waals surface area contributed by atoms with E-state index in [0.717, 1.165) is 30.1 Å². The SMILES string of the molecule is O=C(N[C@H]1CCc2nnc(-c3ccccc3)n2C1)c1ccccc1. The standard InChI is InChI=1S/C19H18N4O/c24-19(15-9-5-2-6-10-15)20-16-11-12-17-21-22-18(23(17)13-16)14-7-3-1-4-8-14/h1-10,16H,11-13H2,(H,20,24)/t16-/m0/s1. The first-order chi connectivity index (χ1) is 11.8. The molecule has 1 amide bonds. The Morgan fingerprint density at radius 3 is 2.46 bits per heavy atom. The zero-order chi connectivity index (χ0) is 16.4. The maximum absolute atomic E-state index is 12.4. The Hall–Kier alpha value is -2.95. The van der Waals surface area contributed by atoms with Crippen LogP contribution < -0.4 is 5.32 Å². The summed E-state index contributed by atoms with van der Waals surface area (Å²) in [5.74, 6) is 1.82. The first-order valence-electron chi connectivity index (χ1n) is 8.14. The largest absolute Gasteiger partial charge is 0.347 e. The van der Waals surface area contributed by atoms with Gasteiger partial charge in [-0.1, -0.05) is 48.5 Å². The Labute approximate surface area is 140 Å². The van der Waals surface area contributed by atoms with Gasteiger partial charge in [-0.2, -0.15) is 0 Å². The van der Waals surface area contributed by atoms with Gasteiger partial charge in [-0.25, -0.2) is 0 Å². The van der Waals surface area contributed by atoms with Crippen LogP contribution in [-0.2, 0) is 13.0 Å². The molecule has 2 heterocycles. The molecule has 1 aromatic heterocycles. The quantitative estimate of drug-likeness (QED) is 0.808. The van der Waals surface area contributed by atoms with Gasteiger partial charge in [0.25, 0.3) is 5.91 Å². The zero-order valence-corrected chi connectivity index (χ0v) is 13.2. The van der Waals surface area contributed by atoms with Crippen molar-refractivity contribution < 1.29 is 4.79 Å². The number of fused-ring (bicyclic) bond motifs is 1. The molecule has 0 unspecified atom stereocenters. The lowest BCUT2D eigenvalue weighted by Crippen LogP contribution is -2.41. The third-order valence-corrected chi connectivity index (χ3v) is 4.35. The van der Waals surface area contributed by atoms with Crippen LogP contribution in [0.3, 0.4) is 0 Å². The van der Waals surface area contributed by atoms with Crippen LogP contribution in [0.2, 0.25) is 0 Å².